The van der Waals surface area contributed by atoms with E-state index in [0.29, 0.717) is 18.0 Å². The van der Waals surface area contributed by atoms with Crippen LogP contribution in [-0.2, 0) is 9.59 Å². The first-order valence-corrected chi connectivity index (χ1v) is 7.97. The molecule has 1 atom stereocenters. The molecule has 1 N–H and O–H groups in total. The Morgan fingerprint density at radius 2 is 1.92 bits per heavy atom. The number of benzene rings is 1. The van der Waals surface area contributed by atoms with Gasteiger partial charge in [-0.25, -0.2) is 0 Å². The fourth-order valence-electron chi connectivity index (χ4n) is 2.56. The second-order valence-electron chi connectivity index (χ2n) is 5.43. The Labute approximate surface area is 145 Å². The van der Waals surface area contributed by atoms with Crippen molar-refractivity contribution in [3.8, 4) is 0 Å². The second kappa shape index (κ2) is 7.27. The van der Waals surface area contributed by atoms with Gasteiger partial charge in [-0.3, -0.25) is 14.6 Å². The van der Waals surface area contributed by atoms with E-state index in [1.807, 2.05) is 0 Å². The standard InChI is InChI=1S/C18H16ClN3O2/c19-14-2-4-15(5-3-14)22-12-9-16(18(22)24)21-17(23)6-1-13-7-10-20-11-8-13/h1-8,10-11,16H,9,12H2,(H,21,23)/b6-1+. The summed E-state index contributed by atoms with van der Waals surface area (Å²) < 4.78 is 0. The van der Waals surface area contributed by atoms with Gasteiger partial charge in [-0.05, 0) is 54.5 Å². The van der Waals surface area contributed by atoms with Gasteiger partial charge in [0.1, 0.15) is 6.04 Å². The Hall–Kier alpha value is -2.66. The van der Waals surface area contributed by atoms with Crippen LogP contribution in [0.5, 0.6) is 0 Å². The average molecular weight is 342 g/mol. The van der Waals surface area contributed by atoms with Crippen LogP contribution in [0.4, 0.5) is 5.69 Å². The maximum atomic E-state index is 12.4. The summed E-state index contributed by atoms with van der Waals surface area (Å²) in [6, 6.07) is 10.2. The van der Waals surface area contributed by atoms with Crippen LogP contribution < -0.4 is 10.2 Å². The molecule has 0 spiro atoms. The topological polar surface area (TPSA) is 62.3 Å². The van der Waals surface area contributed by atoms with Gasteiger partial charge in [0, 0.05) is 35.7 Å². The van der Waals surface area contributed by atoms with Gasteiger partial charge in [-0.1, -0.05) is 11.6 Å². The first-order valence-electron chi connectivity index (χ1n) is 7.59. The monoisotopic (exact) mass is 341 g/mol. The molecule has 3 rings (SSSR count). The molecular formula is C18H16ClN3O2. The molecule has 5 nitrogen and oxygen atoms in total. The Balaban J connectivity index is 1.60. The summed E-state index contributed by atoms with van der Waals surface area (Å²) in [5, 5.41) is 3.37. The summed E-state index contributed by atoms with van der Waals surface area (Å²) in [6.45, 7) is 0.569. The molecule has 0 aliphatic carbocycles. The van der Waals surface area contributed by atoms with Crippen molar-refractivity contribution in [3.05, 3.63) is 65.5 Å². The van der Waals surface area contributed by atoms with E-state index >= 15 is 0 Å². The van der Waals surface area contributed by atoms with Crippen molar-refractivity contribution < 1.29 is 9.59 Å². The third-order valence-electron chi connectivity index (χ3n) is 3.79. The molecule has 1 aliphatic rings. The van der Waals surface area contributed by atoms with Crippen molar-refractivity contribution in [1.82, 2.24) is 10.3 Å². The maximum absolute atomic E-state index is 12.4. The highest BCUT2D eigenvalue weighted by atomic mass is 35.5. The van der Waals surface area contributed by atoms with Gasteiger partial charge >= 0.3 is 0 Å². The number of halogens is 1. The highest BCUT2D eigenvalue weighted by molar-refractivity contribution is 6.30. The molecule has 0 bridgehead atoms. The van der Waals surface area contributed by atoms with Crippen molar-refractivity contribution in [2.45, 2.75) is 12.5 Å². The summed E-state index contributed by atoms with van der Waals surface area (Å²) in [5.41, 5.74) is 1.66. The lowest BCUT2D eigenvalue weighted by Gasteiger charge is -2.17. The molecule has 1 aliphatic heterocycles. The van der Waals surface area contributed by atoms with Crippen molar-refractivity contribution >= 4 is 35.2 Å². The summed E-state index contributed by atoms with van der Waals surface area (Å²) in [7, 11) is 0. The number of hydrogen-bond acceptors (Lipinski definition) is 3. The lowest BCUT2D eigenvalue weighted by molar-refractivity contribution is -0.123. The molecule has 1 saturated heterocycles. The first kappa shape index (κ1) is 16.2. The van der Waals surface area contributed by atoms with Crippen LogP contribution in [0.25, 0.3) is 6.08 Å². The number of hydrogen-bond donors (Lipinski definition) is 1. The maximum Gasteiger partial charge on any atom is 0.249 e. The molecule has 24 heavy (non-hydrogen) atoms. The van der Waals surface area contributed by atoms with E-state index in [-0.39, 0.29) is 11.8 Å². The largest absolute Gasteiger partial charge is 0.341 e. The average Bonchev–Trinajstić information content (AvgIpc) is 2.95. The minimum absolute atomic E-state index is 0.108. The van der Waals surface area contributed by atoms with E-state index in [2.05, 4.69) is 10.3 Å². The van der Waals surface area contributed by atoms with Crippen molar-refractivity contribution in [2.75, 3.05) is 11.4 Å². The zero-order chi connectivity index (χ0) is 16.9. The van der Waals surface area contributed by atoms with Crippen molar-refractivity contribution in [3.63, 3.8) is 0 Å². The Bertz CT molecular complexity index is 760. The number of anilines is 1. The molecular weight excluding hydrogens is 326 g/mol. The normalized spacial score (nSPS) is 17.5. The van der Waals surface area contributed by atoms with Crippen LogP contribution in [0.1, 0.15) is 12.0 Å². The van der Waals surface area contributed by atoms with Gasteiger partial charge in [-0.15, -0.1) is 0 Å². The lowest BCUT2D eigenvalue weighted by atomic mass is 10.2. The molecule has 2 amide bonds. The quantitative estimate of drug-likeness (QED) is 0.870. The van der Waals surface area contributed by atoms with E-state index in [9.17, 15) is 9.59 Å². The van der Waals surface area contributed by atoms with Crippen LogP contribution in [0.2, 0.25) is 5.02 Å². The van der Waals surface area contributed by atoms with Crippen LogP contribution in [0, 0.1) is 0 Å². The molecule has 0 radical (unpaired) electrons. The van der Waals surface area contributed by atoms with Crippen LogP contribution in [-0.4, -0.2) is 29.4 Å². The molecule has 1 unspecified atom stereocenters. The van der Waals surface area contributed by atoms with Gasteiger partial charge in [0.2, 0.25) is 11.8 Å². The third-order valence-corrected chi connectivity index (χ3v) is 4.05. The smallest absolute Gasteiger partial charge is 0.249 e. The van der Waals surface area contributed by atoms with Crippen LogP contribution >= 0.6 is 11.6 Å². The van der Waals surface area contributed by atoms with E-state index in [1.165, 1.54) is 6.08 Å². The highest BCUT2D eigenvalue weighted by Crippen LogP contribution is 2.23. The zero-order valence-corrected chi connectivity index (χ0v) is 13.6. The number of aromatic nitrogens is 1. The van der Waals surface area contributed by atoms with Crippen molar-refractivity contribution in [2.24, 2.45) is 0 Å². The minimum Gasteiger partial charge on any atom is -0.341 e. The van der Waals surface area contributed by atoms with E-state index < -0.39 is 6.04 Å². The van der Waals surface area contributed by atoms with Gasteiger partial charge in [0.25, 0.3) is 0 Å². The third kappa shape index (κ3) is 3.81. The molecule has 122 valence electrons. The highest BCUT2D eigenvalue weighted by Gasteiger charge is 2.33. The predicted molar refractivity (Wildman–Crippen MR) is 93.6 cm³/mol. The Morgan fingerprint density at radius 3 is 2.62 bits per heavy atom. The van der Waals surface area contributed by atoms with Crippen molar-refractivity contribution in [1.29, 1.82) is 0 Å². The number of carbonyl (C=O) groups is 2. The summed E-state index contributed by atoms with van der Waals surface area (Å²) in [5.74, 6) is -0.397. The number of pyridine rings is 1. The summed E-state index contributed by atoms with van der Waals surface area (Å²) >= 11 is 5.87. The summed E-state index contributed by atoms with van der Waals surface area (Å²) in [4.78, 5) is 30.0. The lowest BCUT2D eigenvalue weighted by Crippen LogP contribution is -2.40. The number of rotatable bonds is 4. The van der Waals surface area contributed by atoms with E-state index in [4.69, 9.17) is 11.6 Å². The number of nitrogens with zero attached hydrogens (tertiary/aromatic N) is 2. The molecule has 6 heteroatoms. The van der Waals surface area contributed by atoms with Crippen LogP contribution in [0.3, 0.4) is 0 Å². The molecule has 2 aromatic rings. The predicted octanol–water partition coefficient (Wildman–Crippen LogP) is 2.67. The number of carbonyl (C=O) groups excluding carboxylic acids is 2. The van der Waals surface area contributed by atoms with Gasteiger partial charge in [-0.2, -0.15) is 0 Å². The van der Waals surface area contributed by atoms with Gasteiger partial charge < -0.3 is 10.2 Å². The molecule has 1 fully saturated rings. The molecule has 2 heterocycles. The Kier molecular flexibility index (Phi) is 4.91. The first-order chi connectivity index (χ1) is 11.6. The molecule has 1 aromatic carbocycles. The summed E-state index contributed by atoms with van der Waals surface area (Å²) in [6.07, 6.45) is 7.00. The SMILES string of the molecule is O=C(/C=C/c1ccncc1)NC1CCN(c2ccc(Cl)cc2)C1=O. The number of amides is 2. The van der Waals surface area contributed by atoms with Gasteiger partial charge in [0.05, 0.1) is 0 Å². The fraction of sp³-hybridized carbons (Fsp3) is 0.167. The van der Waals surface area contributed by atoms with Gasteiger partial charge in [0.15, 0.2) is 0 Å². The minimum atomic E-state index is -0.504. The fourth-order valence-corrected chi connectivity index (χ4v) is 2.68. The zero-order valence-electron chi connectivity index (χ0n) is 12.9. The van der Waals surface area contributed by atoms with E-state index in [1.54, 1.807) is 59.8 Å². The Morgan fingerprint density at radius 1 is 1.21 bits per heavy atom. The second-order valence-corrected chi connectivity index (χ2v) is 5.87. The van der Waals surface area contributed by atoms with Crippen LogP contribution in [0.15, 0.2) is 54.9 Å². The number of nitrogens with one attached hydrogen (secondary N) is 1. The molecule has 1 aromatic heterocycles. The van der Waals surface area contributed by atoms with E-state index in [0.717, 1.165) is 11.3 Å². The molecule has 0 saturated carbocycles.